The summed E-state index contributed by atoms with van der Waals surface area (Å²) in [5, 5.41) is 10.1. The Morgan fingerprint density at radius 2 is 1.50 bits per heavy atom. The van der Waals surface area contributed by atoms with Gasteiger partial charge in [-0.2, -0.15) is 0 Å². The van der Waals surface area contributed by atoms with Crippen LogP contribution in [0.5, 0.6) is 0 Å². The number of nitrogens with two attached hydrogens (primary N) is 2. The highest BCUT2D eigenvalue weighted by Gasteiger charge is 2.40. The van der Waals surface area contributed by atoms with Crippen molar-refractivity contribution in [3.8, 4) is 0 Å². The standard InChI is InChI=1S/C28H27N5O3/c29-21-10-6-19(7-11-21)26(20-8-12-22(30)13-9-20)27(34)33-16-23-24(14-25(33)28(35)36)32(17-31-23)15-18-4-2-1-3-5-18/h1-13,17,25-26H,14-16,29-30H2,(H,35,36)/t25-/m0/s1. The van der Waals surface area contributed by atoms with E-state index in [1.165, 1.54) is 4.90 Å². The smallest absolute Gasteiger partial charge is 0.326 e. The summed E-state index contributed by atoms with van der Waals surface area (Å²) in [5.74, 6) is -2.06. The van der Waals surface area contributed by atoms with E-state index in [4.69, 9.17) is 11.5 Å². The molecular formula is C28H27N5O3. The Kier molecular flexibility index (Phi) is 6.16. The van der Waals surface area contributed by atoms with Crippen molar-refractivity contribution in [1.29, 1.82) is 0 Å². The van der Waals surface area contributed by atoms with Gasteiger partial charge in [-0.3, -0.25) is 4.79 Å². The van der Waals surface area contributed by atoms with E-state index in [2.05, 4.69) is 4.98 Å². The molecular weight excluding hydrogens is 454 g/mol. The number of imidazole rings is 1. The van der Waals surface area contributed by atoms with E-state index in [9.17, 15) is 14.7 Å². The minimum atomic E-state index is -1.05. The third-order valence-corrected chi connectivity index (χ3v) is 6.67. The van der Waals surface area contributed by atoms with Crippen LogP contribution in [0.15, 0.2) is 85.2 Å². The molecule has 0 unspecified atom stereocenters. The van der Waals surface area contributed by atoms with Crippen molar-refractivity contribution in [2.75, 3.05) is 11.5 Å². The molecule has 5 rings (SSSR count). The summed E-state index contributed by atoms with van der Waals surface area (Å²) in [4.78, 5) is 32.4. The summed E-state index contributed by atoms with van der Waals surface area (Å²) >= 11 is 0. The normalized spacial score (nSPS) is 15.0. The van der Waals surface area contributed by atoms with Crippen molar-refractivity contribution >= 4 is 23.3 Å². The molecule has 0 aliphatic carbocycles. The van der Waals surface area contributed by atoms with Crippen LogP contribution in [-0.2, 0) is 29.1 Å². The Labute approximate surface area is 208 Å². The number of hydrogen-bond acceptors (Lipinski definition) is 5. The third-order valence-electron chi connectivity index (χ3n) is 6.67. The van der Waals surface area contributed by atoms with E-state index >= 15 is 0 Å². The molecule has 36 heavy (non-hydrogen) atoms. The highest BCUT2D eigenvalue weighted by Crippen LogP contribution is 2.32. The van der Waals surface area contributed by atoms with Gasteiger partial charge in [0.05, 0.1) is 24.5 Å². The molecule has 0 fully saturated rings. The Balaban J connectivity index is 1.50. The number of carboxylic acids is 1. The van der Waals surface area contributed by atoms with Gasteiger partial charge in [-0.15, -0.1) is 0 Å². The molecule has 2 heterocycles. The van der Waals surface area contributed by atoms with Crippen LogP contribution in [0.2, 0.25) is 0 Å². The lowest BCUT2D eigenvalue weighted by Gasteiger charge is -2.35. The first-order valence-corrected chi connectivity index (χ1v) is 11.7. The van der Waals surface area contributed by atoms with Gasteiger partial charge in [0.1, 0.15) is 6.04 Å². The molecule has 8 nitrogen and oxygen atoms in total. The van der Waals surface area contributed by atoms with Crippen LogP contribution in [0.25, 0.3) is 0 Å². The number of amides is 1. The van der Waals surface area contributed by atoms with E-state index in [1.54, 1.807) is 54.9 Å². The molecule has 0 saturated heterocycles. The largest absolute Gasteiger partial charge is 0.480 e. The van der Waals surface area contributed by atoms with Gasteiger partial charge in [-0.1, -0.05) is 54.6 Å². The second-order valence-corrected chi connectivity index (χ2v) is 9.04. The lowest BCUT2D eigenvalue weighted by molar-refractivity contribution is -0.151. The number of anilines is 2. The number of aliphatic carboxylic acids is 1. The topological polar surface area (TPSA) is 127 Å². The van der Waals surface area contributed by atoms with E-state index < -0.39 is 17.9 Å². The minimum Gasteiger partial charge on any atom is -0.480 e. The Morgan fingerprint density at radius 1 is 0.917 bits per heavy atom. The molecule has 0 radical (unpaired) electrons. The maximum atomic E-state index is 14.1. The van der Waals surface area contributed by atoms with Gasteiger partial charge in [0.15, 0.2) is 0 Å². The number of hydrogen-bond donors (Lipinski definition) is 3. The molecule has 8 heteroatoms. The van der Waals surface area contributed by atoms with Crippen molar-refractivity contribution in [1.82, 2.24) is 14.5 Å². The van der Waals surface area contributed by atoms with Crippen molar-refractivity contribution in [3.05, 3.63) is 113 Å². The summed E-state index contributed by atoms with van der Waals surface area (Å²) in [6.07, 6.45) is 1.90. The Bertz CT molecular complexity index is 1340. The van der Waals surface area contributed by atoms with Gasteiger partial charge in [-0.05, 0) is 41.0 Å². The number of fused-ring (bicyclic) bond motifs is 1. The second-order valence-electron chi connectivity index (χ2n) is 9.04. The zero-order valence-electron chi connectivity index (χ0n) is 19.6. The van der Waals surface area contributed by atoms with E-state index in [0.717, 1.165) is 22.4 Å². The van der Waals surface area contributed by atoms with Crippen LogP contribution in [0.1, 0.15) is 34.0 Å². The number of rotatable bonds is 6. The van der Waals surface area contributed by atoms with Crippen LogP contribution in [0, 0.1) is 0 Å². The fourth-order valence-electron chi connectivity index (χ4n) is 4.77. The fourth-order valence-corrected chi connectivity index (χ4v) is 4.77. The van der Waals surface area contributed by atoms with E-state index in [0.29, 0.717) is 23.6 Å². The predicted octanol–water partition coefficient (Wildman–Crippen LogP) is 3.27. The molecule has 1 atom stereocenters. The van der Waals surface area contributed by atoms with Gasteiger partial charge >= 0.3 is 5.97 Å². The summed E-state index contributed by atoms with van der Waals surface area (Å²) < 4.78 is 1.97. The lowest BCUT2D eigenvalue weighted by atomic mass is 9.88. The first-order chi connectivity index (χ1) is 17.4. The molecule has 1 aliphatic heterocycles. The summed E-state index contributed by atoms with van der Waals surface area (Å²) in [5.41, 5.74) is 17.0. The minimum absolute atomic E-state index is 0.118. The molecule has 1 aromatic heterocycles. The van der Waals surface area contributed by atoms with Gasteiger partial charge < -0.3 is 26.0 Å². The first-order valence-electron chi connectivity index (χ1n) is 11.7. The lowest BCUT2D eigenvalue weighted by Crippen LogP contribution is -2.50. The second kappa shape index (κ2) is 9.58. The summed E-state index contributed by atoms with van der Waals surface area (Å²) in [7, 11) is 0. The average Bonchev–Trinajstić information content (AvgIpc) is 3.27. The van der Waals surface area contributed by atoms with Crippen molar-refractivity contribution in [3.63, 3.8) is 0 Å². The summed E-state index contributed by atoms with van der Waals surface area (Å²) in [6.45, 7) is 0.705. The zero-order chi connectivity index (χ0) is 25.2. The molecule has 1 amide bonds. The first kappa shape index (κ1) is 23.2. The van der Waals surface area contributed by atoms with Crippen molar-refractivity contribution in [2.24, 2.45) is 0 Å². The molecule has 5 N–H and O–H groups in total. The predicted molar refractivity (Wildman–Crippen MR) is 137 cm³/mol. The van der Waals surface area contributed by atoms with Crippen molar-refractivity contribution < 1.29 is 14.7 Å². The molecule has 0 bridgehead atoms. The number of nitrogens with zero attached hydrogens (tertiary/aromatic N) is 3. The monoisotopic (exact) mass is 481 g/mol. The van der Waals surface area contributed by atoms with Crippen LogP contribution in [0.4, 0.5) is 11.4 Å². The van der Waals surface area contributed by atoms with E-state index in [-0.39, 0.29) is 18.9 Å². The van der Waals surface area contributed by atoms with Gasteiger partial charge in [-0.25, -0.2) is 9.78 Å². The highest BCUT2D eigenvalue weighted by molar-refractivity contribution is 5.91. The van der Waals surface area contributed by atoms with Crippen LogP contribution >= 0.6 is 0 Å². The summed E-state index contributed by atoms with van der Waals surface area (Å²) in [6, 6.07) is 23.1. The number of benzene rings is 3. The van der Waals surface area contributed by atoms with Crippen LogP contribution in [0.3, 0.4) is 0 Å². The molecule has 4 aromatic rings. The molecule has 182 valence electrons. The fraction of sp³-hybridized carbons (Fsp3) is 0.179. The van der Waals surface area contributed by atoms with Crippen LogP contribution in [-0.4, -0.2) is 37.5 Å². The van der Waals surface area contributed by atoms with Gasteiger partial charge in [0.2, 0.25) is 5.91 Å². The molecule has 0 spiro atoms. The number of aromatic nitrogens is 2. The number of carbonyl (C=O) groups excluding carboxylic acids is 1. The maximum absolute atomic E-state index is 14.1. The van der Waals surface area contributed by atoms with E-state index in [1.807, 2.05) is 34.9 Å². The highest BCUT2D eigenvalue weighted by atomic mass is 16.4. The Morgan fingerprint density at radius 3 is 2.06 bits per heavy atom. The van der Waals surface area contributed by atoms with Crippen molar-refractivity contribution in [2.45, 2.75) is 31.5 Å². The molecule has 1 aliphatic rings. The van der Waals surface area contributed by atoms with Gasteiger partial charge in [0, 0.05) is 30.0 Å². The third kappa shape index (κ3) is 4.53. The molecule has 0 saturated carbocycles. The number of nitrogen functional groups attached to an aromatic ring is 2. The SMILES string of the molecule is Nc1ccc(C(C(=O)N2Cc3ncn(Cc4ccccc4)c3C[C@H]2C(=O)O)c2ccc(N)cc2)cc1. The zero-order valence-corrected chi connectivity index (χ0v) is 19.6. The number of carbonyl (C=O) groups is 2. The average molecular weight is 482 g/mol. The maximum Gasteiger partial charge on any atom is 0.326 e. The Hall–Kier alpha value is -4.59. The van der Waals surface area contributed by atoms with Crippen LogP contribution < -0.4 is 11.5 Å². The number of carboxylic acid groups (broad SMARTS) is 1. The molecule has 3 aromatic carbocycles. The van der Waals surface area contributed by atoms with Gasteiger partial charge in [0.25, 0.3) is 0 Å². The quantitative estimate of drug-likeness (QED) is 0.363.